The number of hydrogen-bond donors (Lipinski definition) is 3. The molecule has 0 atom stereocenters. The molecule has 70 heavy (non-hydrogen) atoms. The van der Waals surface area contributed by atoms with Crippen molar-refractivity contribution in [3.05, 3.63) is 148 Å². The third-order valence-electron chi connectivity index (χ3n) is 13.5. The van der Waals surface area contributed by atoms with Crippen LogP contribution >= 0.6 is 0 Å². The highest BCUT2D eigenvalue weighted by Crippen LogP contribution is 2.28. The quantitative estimate of drug-likeness (QED) is 0.143. The van der Waals surface area contributed by atoms with Crippen molar-refractivity contribution in [2.75, 3.05) is 90.4 Å². The summed E-state index contributed by atoms with van der Waals surface area (Å²) in [5.41, 5.74) is 5.16. The van der Waals surface area contributed by atoms with Crippen LogP contribution in [0.4, 0.5) is 10.1 Å². The van der Waals surface area contributed by atoms with Gasteiger partial charge in [-0.05, 0) is 67.1 Å². The predicted octanol–water partition coefficient (Wildman–Crippen LogP) is 4.00. The van der Waals surface area contributed by atoms with Crippen molar-refractivity contribution in [2.45, 2.75) is 32.7 Å². The number of H-pyrrole nitrogens is 1. The molecule has 0 spiro atoms. The summed E-state index contributed by atoms with van der Waals surface area (Å²) in [6, 6.07) is 23.2. The molecule has 6 heterocycles. The van der Waals surface area contributed by atoms with Crippen LogP contribution in [0.3, 0.4) is 0 Å². The summed E-state index contributed by atoms with van der Waals surface area (Å²) in [4.78, 5) is 89.1. The molecule has 3 fully saturated rings. The first-order valence-electron chi connectivity index (χ1n) is 23.9. The lowest BCUT2D eigenvalue weighted by molar-refractivity contribution is -0.134. The minimum Gasteiger partial charge on any atom is -0.338 e. The van der Waals surface area contributed by atoms with Crippen LogP contribution < -0.4 is 16.2 Å². The lowest BCUT2D eigenvalue weighted by Gasteiger charge is -2.40. The van der Waals surface area contributed by atoms with Gasteiger partial charge < -0.3 is 30.2 Å². The lowest BCUT2D eigenvalue weighted by atomic mass is 9.95. The fourth-order valence-corrected chi connectivity index (χ4v) is 9.56. The second-order valence-corrected chi connectivity index (χ2v) is 18.4. The Bertz CT molecular complexity index is 2910. The molecule has 3 aromatic heterocycles. The van der Waals surface area contributed by atoms with Crippen molar-refractivity contribution in [3.63, 3.8) is 0 Å². The number of rotatable bonds is 14. The first kappa shape index (κ1) is 47.8. The first-order valence-corrected chi connectivity index (χ1v) is 23.9. The molecule has 3 aromatic carbocycles. The van der Waals surface area contributed by atoms with Gasteiger partial charge in [-0.25, -0.2) is 24.4 Å². The van der Waals surface area contributed by atoms with Crippen molar-refractivity contribution < 1.29 is 23.6 Å². The largest absolute Gasteiger partial charge is 0.338 e. The van der Waals surface area contributed by atoms with E-state index < -0.39 is 11.7 Å². The molecule has 0 saturated carbocycles. The molecule has 3 aliphatic rings. The smallest absolute Gasteiger partial charge is 0.274 e. The number of nitrogens with one attached hydrogen (secondary N) is 3. The molecule has 362 valence electrons. The van der Waals surface area contributed by atoms with Crippen LogP contribution in [0.25, 0.3) is 21.9 Å². The molecule has 0 bridgehead atoms. The number of hydrogen-bond acceptors (Lipinski definition) is 12. The molecule has 6 aromatic rings. The van der Waals surface area contributed by atoms with Gasteiger partial charge in [0.05, 0.1) is 41.1 Å². The van der Waals surface area contributed by atoms with E-state index in [0.717, 1.165) is 67.9 Å². The zero-order valence-electron chi connectivity index (χ0n) is 39.3. The van der Waals surface area contributed by atoms with Gasteiger partial charge in [-0.15, -0.1) is 0 Å². The van der Waals surface area contributed by atoms with Crippen LogP contribution in [-0.2, 0) is 22.6 Å². The highest BCUT2D eigenvalue weighted by atomic mass is 19.1. The van der Waals surface area contributed by atoms with Crippen molar-refractivity contribution in [1.29, 1.82) is 0 Å². The predicted molar refractivity (Wildman–Crippen MR) is 262 cm³/mol. The molecule has 3 saturated heterocycles. The number of piperidine rings is 1. The molecule has 0 unspecified atom stereocenters. The molecule has 4 amide bonds. The maximum Gasteiger partial charge on any atom is 0.274 e. The Balaban J connectivity index is 0.717. The summed E-state index contributed by atoms with van der Waals surface area (Å²) in [5.74, 6) is -1.11. The molecular formula is C52H57FN12O5. The van der Waals surface area contributed by atoms with Crippen LogP contribution in [-0.4, -0.2) is 158 Å². The summed E-state index contributed by atoms with van der Waals surface area (Å²) in [5, 5.41) is 14.0. The minimum absolute atomic E-state index is 0.0173. The normalized spacial score (nSPS) is 16.1. The van der Waals surface area contributed by atoms with Gasteiger partial charge in [0, 0.05) is 108 Å². The van der Waals surface area contributed by atoms with E-state index in [-0.39, 0.29) is 41.1 Å². The summed E-state index contributed by atoms with van der Waals surface area (Å²) in [6.07, 6.45) is 6.80. The number of nitrogens with zero attached hydrogens (tertiary/aromatic N) is 9. The average Bonchev–Trinajstić information content (AvgIpc) is 3.38. The second kappa shape index (κ2) is 22.0. The molecule has 0 aliphatic carbocycles. The fraction of sp³-hybridized carbons (Fsp3) is 0.365. The van der Waals surface area contributed by atoms with E-state index in [1.165, 1.54) is 12.4 Å². The molecular weight excluding hydrogens is 892 g/mol. The van der Waals surface area contributed by atoms with Crippen LogP contribution in [0.2, 0.25) is 0 Å². The van der Waals surface area contributed by atoms with Crippen molar-refractivity contribution >= 4 is 40.1 Å². The molecule has 17 nitrogen and oxygen atoms in total. The number of halogens is 1. The van der Waals surface area contributed by atoms with Gasteiger partial charge in [0.25, 0.3) is 17.4 Å². The Morgan fingerprint density at radius 3 is 2.26 bits per heavy atom. The van der Waals surface area contributed by atoms with Gasteiger partial charge in [0.15, 0.2) is 5.69 Å². The molecule has 0 radical (unpaired) electrons. The van der Waals surface area contributed by atoms with E-state index in [1.807, 2.05) is 54.3 Å². The highest BCUT2D eigenvalue weighted by Gasteiger charge is 2.31. The standard InChI is InChI=1S/C52H57FN12O5/c1-35-5-4-6-38(25-35)39-28-46(58-47(66)31-55-30-40-11-14-54-34-57-40)49(56-29-39)52(70)64-15-12-36(13-16-64)32-61-17-19-62(20-18-61)33-48(67)63-21-23-65(24-22-63)51(69)43-26-37(9-10-44(43)53)27-45-41-7-2-3-8-42(41)50(68)60-59-45/h2-11,14,25-26,28-29,34,36,55H,12-13,15-24,27,30-33H2,1H3,(H,58,66)(H,60,68). The Kier molecular flexibility index (Phi) is 15.0. The highest BCUT2D eigenvalue weighted by molar-refractivity contribution is 6.03. The van der Waals surface area contributed by atoms with E-state index in [1.54, 1.807) is 52.5 Å². The number of aromatic nitrogens is 5. The maximum absolute atomic E-state index is 15.1. The van der Waals surface area contributed by atoms with Crippen LogP contribution in [0.15, 0.2) is 102 Å². The zero-order chi connectivity index (χ0) is 48.6. The number of carbonyl (C=O) groups excluding carboxylic acids is 4. The first-order chi connectivity index (χ1) is 34.0. The molecule has 9 rings (SSSR count). The number of aromatic amines is 1. The Labute approximate surface area is 405 Å². The monoisotopic (exact) mass is 948 g/mol. The van der Waals surface area contributed by atoms with Gasteiger partial charge in [-0.1, -0.05) is 54.1 Å². The van der Waals surface area contributed by atoms with E-state index in [0.29, 0.717) is 92.4 Å². The number of pyridine rings is 1. The molecule has 3 aliphatic heterocycles. The topological polar surface area (TPSA) is 193 Å². The zero-order valence-corrected chi connectivity index (χ0v) is 39.3. The van der Waals surface area contributed by atoms with Gasteiger partial charge in [-0.2, -0.15) is 5.10 Å². The summed E-state index contributed by atoms with van der Waals surface area (Å²) >= 11 is 0. The Morgan fingerprint density at radius 1 is 0.757 bits per heavy atom. The van der Waals surface area contributed by atoms with E-state index in [9.17, 15) is 24.0 Å². The second-order valence-electron chi connectivity index (χ2n) is 18.4. The van der Waals surface area contributed by atoms with Gasteiger partial charge in [0.2, 0.25) is 11.8 Å². The number of aryl methyl sites for hydroxylation is 1. The summed E-state index contributed by atoms with van der Waals surface area (Å²) < 4.78 is 15.1. The molecule has 3 N–H and O–H groups in total. The van der Waals surface area contributed by atoms with Crippen LogP contribution in [0.5, 0.6) is 0 Å². The fourth-order valence-electron chi connectivity index (χ4n) is 9.56. The number of amides is 4. The SMILES string of the molecule is Cc1cccc(-c2cnc(C(=O)N3CCC(CN4CCN(CC(=O)N5CCN(C(=O)c6cc(Cc7n[nH]c(=O)c8ccccc78)ccc6F)CC5)CC4)CC3)c(NC(=O)CNCc3ccncn3)c2)c1. The number of likely N-dealkylation sites (tertiary alicyclic amines) is 1. The molecule has 18 heteroatoms. The number of carbonyl (C=O) groups is 4. The minimum atomic E-state index is -0.613. The van der Waals surface area contributed by atoms with Crippen molar-refractivity contribution in [2.24, 2.45) is 5.92 Å². The lowest BCUT2D eigenvalue weighted by Crippen LogP contribution is -2.55. The Morgan fingerprint density at radius 2 is 1.50 bits per heavy atom. The van der Waals surface area contributed by atoms with Gasteiger partial charge in [-0.3, -0.25) is 28.9 Å². The third kappa shape index (κ3) is 11.6. The van der Waals surface area contributed by atoms with Gasteiger partial charge in [0.1, 0.15) is 12.1 Å². The van der Waals surface area contributed by atoms with Crippen LogP contribution in [0, 0.1) is 18.7 Å². The van der Waals surface area contributed by atoms with E-state index >= 15 is 4.39 Å². The van der Waals surface area contributed by atoms with E-state index in [2.05, 4.69) is 45.6 Å². The van der Waals surface area contributed by atoms with Crippen LogP contribution in [0.1, 0.15) is 56.2 Å². The number of fused-ring (bicyclic) bond motifs is 1. The summed E-state index contributed by atoms with van der Waals surface area (Å²) in [6.45, 7) is 9.34. The third-order valence-corrected chi connectivity index (χ3v) is 13.5. The van der Waals surface area contributed by atoms with Crippen molar-refractivity contribution in [1.82, 2.24) is 55.0 Å². The maximum atomic E-state index is 15.1. The number of benzene rings is 3. The Hall–Kier alpha value is -7.28. The van der Waals surface area contributed by atoms with Crippen molar-refractivity contribution in [3.8, 4) is 11.1 Å². The average molecular weight is 949 g/mol. The summed E-state index contributed by atoms with van der Waals surface area (Å²) in [7, 11) is 0. The number of anilines is 1. The number of piperazine rings is 2. The van der Waals surface area contributed by atoms with E-state index in [4.69, 9.17) is 0 Å². The van der Waals surface area contributed by atoms with Gasteiger partial charge >= 0.3 is 0 Å².